The Balaban J connectivity index is 1.34. The van der Waals surface area contributed by atoms with E-state index in [0.29, 0.717) is 0 Å². The summed E-state index contributed by atoms with van der Waals surface area (Å²) >= 11 is 0. The first-order valence-electron chi connectivity index (χ1n) is 16.8. The van der Waals surface area contributed by atoms with E-state index in [1.54, 1.807) is 0 Å². The van der Waals surface area contributed by atoms with Crippen LogP contribution in [-0.2, 0) is 0 Å². The molecule has 2 heteroatoms. The summed E-state index contributed by atoms with van der Waals surface area (Å²) in [7, 11) is 0. The summed E-state index contributed by atoms with van der Waals surface area (Å²) in [5, 5.41) is 7.29. The zero-order valence-electron chi connectivity index (χ0n) is 26.7. The number of para-hydroxylation sites is 1. The Morgan fingerprint density at radius 3 is 1.55 bits per heavy atom. The number of fused-ring (bicyclic) bond motifs is 5. The van der Waals surface area contributed by atoms with Gasteiger partial charge in [0.2, 0.25) is 0 Å². The van der Waals surface area contributed by atoms with Crippen LogP contribution in [-0.4, -0.2) is 4.98 Å². The molecule has 0 N–H and O–H groups in total. The molecule has 10 rings (SSSR count). The van der Waals surface area contributed by atoms with Crippen LogP contribution >= 0.6 is 0 Å². The standard InChI is InChI=1S/C47H30N2/c1-4-16-32(17-5-1)42-36-23-12-13-24-37(36)43(33-18-6-2-7-19-33)46-40-27-28-41(38-25-14-26-39(44(38)40)45(42)46)49(34-20-8-3-9-21-34)47-35-22-11-10-15-31(35)29-30-48-47/h1-30H. The van der Waals surface area contributed by atoms with Crippen LogP contribution in [0, 0.1) is 0 Å². The SMILES string of the molecule is c1ccc(-c2c3c(c(-c4ccccc4)c4ccccc24)-c2ccc(N(c4ccccc4)c4nccc5ccccc45)c4cccc-3c24)cc1. The highest BCUT2D eigenvalue weighted by Crippen LogP contribution is 2.59. The minimum atomic E-state index is 0.918. The topological polar surface area (TPSA) is 16.1 Å². The average Bonchev–Trinajstić information content (AvgIpc) is 3.50. The van der Waals surface area contributed by atoms with Gasteiger partial charge in [-0.05, 0) is 90.3 Å². The van der Waals surface area contributed by atoms with Gasteiger partial charge in [-0.3, -0.25) is 4.90 Å². The quantitative estimate of drug-likeness (QED) is 0.190. The van der Waals surface area contributed by atoms with Crippen molar-refractivity contribution in [2.45, 2.75) is 0 Å². The molecule has 0 unspecified atom stereocenters. The summed E-state index contributed by atoms with van der Waals surface area (Å²) < 4.78 is 0. The lowest BCUT2D eigenvalue weighted by molar-refractivity contribution is 1.21. The van der Waals surface area contributed by atoms with Crippen molar-refractivity contribution in [2.24, 2.45) is 0 Å². The number of hydrogen-bond acceptors (Lipinski definition) is 2. The first-order chi connectivity index (χ1) is 24.4. The molecule has 0 atom stereocenters. The summed E-state index contributed by atoms with van der Waals surface area (Å²) in [6, 6.07) is 63.5. The van der Waals surface area contributed by atoms with Gasteiger partial charge in [0.05, 0.1) is 5.69 Å². The maximum absolute atomic E-state index is 5.04. The molecule has 0 saturated heterocycles. The third-order valence-electron chi connectivity index (χ3n) is 10.0. The third kappa shape index (κ3) is 4.17. The number of nitrogens with zero attached hydrogens (tertiary/aromatic N) is 2. The summed E-state index contributed by atoms with van der Waals surface area (Å²) in [4.78, 5) is 7.37. The lowest BCUT2D eigenvalue weighted by atomic mass is 9.82. The van der Waals surface area contributed by atoms with Crippen molar-refractivity contribution in [1.29, 1.82) is 0 Å². The highest BCUT2D eigenvalue weighted by Gasteiger charge is 2.32. The van der Waals surface area contributed by atoms with Crippen molar-refractivity contribution in [1.82, 2.24) is 4.98 Å². The van der Waals surface area contributed by atoms with E-state index in [4.69, 9.17) is 4.98 Å². The molecule has 228 valence electrons. The van der Waals surface area contributed by atoms with E-state index in [1.165, 1.54) is 71.4 Å². The molecular weight excluding hydrogens is 593 g/mol. The van der Waals surface area contributed by atoms with Gasteiger partial charge >= 0.3 is 0 Å². The van der Waals surface area contributed by atoms with E-state index >= 15 is 0 Å². The monoisotopic (exact) mass is 622 g/mol. The molecular formula is C47H30N2. The van der Waals surface area contributed by atoms with Gasteiger partial charge in [0.1, 0.15) is 5.82 Å². The maximum atomic E-state index is 5.04. The second-order valence-corrected chi connectivity index (χ2v) is 12.7. The van der Waals surface area contributed by atoms with E-state index in [9.17, 15) is 0 Å². The average molecular weight is 623 g/mol. The summed E-state index contributed by atoms with van der Waals surface area (Å²) in [5.41, 5.74) is 12.3. The number of benzene rings is 8. The van der Waals surface area contributed by atoms with E-state index < -0.39 is 0 Å². The van der Waals surface area contributed by atoms with Gasteiger partial charge in [-0.15, -0.1) is 0 Å². The zero-order valence-corrected chi connectivity index (χ0v) is 26.7. The second-order valence-electron chi connectivity index (χ2n) is 12.7. The first-order valence-corrected chi connectivity index (χ1v) is 16.8. The molecule has 49 heavy (non-hydrogen) atoms. The molecule has 0 bridgehead atoms. The van der Waals surface area contributed by atoms with Crippen LogP contribution in [0.5, 0.6) is 0 Å². The predicted octanol–water partition coefficient (Wildman–Crippen LogP) is 13.0. The highest BCUT2D eigenvalue weighted by molar-refractivity contribution is 6.29. The molecule has 0 saturated carbocycles. The Bertz CT molecular complexity index is 2600. The summed E-state index contributed by atoms with van der Waals surface area (Å²) in [6.45, 7) is 0. The molecule has 1 heterocycles. The van der Waals surface area contributed by atoms with E-state index in [-0.39, 0.29) is 0 Å². The molecule has 0 spiro atoms. The minimum Gasteiger partial charge on any atom is -0.294 e. The summed E-state index contributed by atoms with van der Waals surface area (Å²) in [6.07, 6.45) is 1.92. The van der Waals surface area contributed by atoms with Gasteiger partial charge in [-0.2, -0.15) is 0 Å². The maximum Gasteiger partial charge on any atom is 0.145 e. The fourth-order valence-corrected chi connectivity index (χ4v) is 8.02. The van der Waals surface area contributed by atoms with Crippen LogP contribution in [0.2, 0.25) is 0 Å². The van der Waals surface area contributed by atoms with Crippen LogP contribution in [0.15, 0.2) is 182 Å². The molecule has 9 aromatic rings. The van der Waals surface area contributed by atoms with E-state index in [1.807, 2.05) is 6.20 Å². The third-order valence-corrected chi connectivity index (χ3v) is 10.0. The van der Waals surface area contributed by atoms with Gasteiger partial charge in [-0.25, -0.2) is 4.98 Å². The smallest absolute Gasteiger partial charge is 0.145 e. The number of rotatable bonds is 5. The molecule has 8 aromatic carbocycles. The van der Waals surface area contributed by atoms with Crippen LogP contribution in [0.1, 0.15) is 0 Å². The van der Waals surface area contributed by atoms with E-state index in [2.05, 4.69) is 181 Å². The van der Waals surface area contributed by atoms with Crippen molar-refractivity contribution < 1.29 is 0 Å². The Labute approximate surface area is 285 Å². The number of hydrogen-bond donors (Lipinski definition) is 0. The summed E-state index contributed by atoms with van der Waals surface area (Å²) in [5.74, 6) is 0.918. The fourth-order valence-electron chi connectivity index (χ4n) is 8.02. The Kier molecular flexibility index (Phi) is 6.22. The van der Waals surface area contributed by atoms with Crippen molar-refractivity contribution in [3.8, 4) is 44.5 Å². The van der Waals surface area contributed by atoms with Crippen LogP contribution in [0.25, 0.3) is 76.8 Å². The van der Waals surface area contributed by atoms with E-state index in [0.717, 1.165) is 22.6 Å². The molecule has 1 aromatic heterocycles. The molecule has 1 aliphatic rings. The van der Waals surface area contributed by atoms with Crippen LogP contribution in [0.4, 0.5) is 17.2 Å². The minimum absolute atomic E-state index is 0.918. The van der Waals surface area contributed by atoms with Crippen molar-refractivity contribution in [3.63, 3.8) is 0 Å². The molecule has 1 aliphatic carbocycles. The van der Waals surface area contributed by atoms with Gasteiger partial charge in [0, 0.05) is 22.7 Å². The van der Waals surface area contributed by atoms with Gasteiger partial charge in [0.15, 0.2) is 0 Å². The molecule has 0 fully saturated rings. The van der Waals surface area contributed by atoms with Crippen LogP contribution in [0.3, 0.4) is 0 Å². The Morgan fingerprint density at radius 2 is 0.898 bits per heavy atom. The Morgan fingerprint density at radius 1 is 0.367 bits per heavy atom. The zero-order chi connectivity index (χ0) is 32.3. The van der Waals surface area contributed by atoms with Crippen LogP contribution < -0.4 is 4.90 Å². The number of aromatic nitrogens is 1. The first kappa shape index (κ1) is 27.6. The lowest BCUT2D eigenvalue weighted by Gasteiger charge is -2.27. The van der Waals surface area contributed by atoms with Crippen molar-refractivity contribution >= 4 is 49.5 Å². The van der Waals surface area contributed by atoms with Gasteiger partial charge < -0.3 is 0 Å². The molecule has 0 amide bonds. The molecule has 0 radical (unpaired) electrons. The molecule has 2 nitrogen and oxygen atoms in total. The van der Waals surface area contributed by atoms with Gasteiger partial charge in [0.25, 0.3) is 0 Å². The predicted molar refractivity (Wildman–Crippen MR) is 207 cm³/mol. The number of pyridine rings is 1. The van der Waals surface area contributed by atoms with Crippen molar-refractivity contribution in [2.75, 3.05) is 4.90 Å². The molecule has 0 aliphatic heterocycles. The van der Waals surface area contributed by atoms with Gasteiger partial charge in [-0.1, -0.05) is 152 Å². The lowest BCUT2D eigenvalue weighted by Crippen LogP contribution is -2.12. The highest BCUT2D eigenvalue weighted by atomic mass is 15.2. The normalized spacial score (nSPS) is 11.7. The fraction of sp³-hybridized carbons (Fsp3) is 0. The van der Waals surface area contributed by atoms with Crippen molar-refractivity contribution in [3.05, 3.63) is 182 Å². The number of anilines is 3. The Hall–Kier alpha value is -6.51. The second kappa shape index (κ2) is 11.0. The largest absolute Gasteiger partial charge is 0.294 e.